The second-order valence-corrected chi connectivity index (χ2v) is 4.54. The molecular formula is C10H18N4O3. The third-order valence-corrected chi connectivity index (χ3v) is 1.85. The van der Waals surface area contributed by atoms with E-state index < -0.39 is 0 Å². The summed E-state index contributed by atoms with van der Waals surface area (Å²) in [5, 5.41) is 6.04. The van der Waals surface area contributed by atoms with E-state index in [2.05, 4.69) is 20.1 Å². The van der Waals surface area contributed by atoms with Crippen LogP contribution in [-0.4, -0.2) is 30.6 Å². The molecule has 1 N–H and O–H groups in total. The van der Waals surface area contributed by atoms with Crippen molar-refractivity contribution in [2.24, 2.45) is 5.11 Å². The molecule has 7 heteroatoms. The highest BCUT2D eigenvalue weighted by Crippen LogP contribution is 2.06. The van der Waals surface area contributed by atoms with Crippen molar-refractivity contribution in [3.05, 3.63) is 10.4 Å². The summed E-state index contributed by atoms with van der Waals surface area (Å²) in [4.78, 5) is 22.8. The topological polar surface area (TPSA) is 104 Å². The first-order valence-electron chi connectivity index (χ1n) is 5.30. The average molecular weight is 242 g/mol. The van der Waals surface area contributed by atoms with Crippen LogP contribution in [0.5, 0.6) is 0 Å². The van der Waals surface area contributed by atoms with E-state index >= 15 is 0 Å². The fourth-order valence-electron chi connectivity index (χ4n) is 1.09. The Hall–Kier alpha value is -1.75. The fourth-order valence-corrected chi connectivity index (χ4v) is 1.09. The number of ether oxygens (including phenoxy) is 1. The minimum Gasteiger partial charge on any atom is -0.462 e. The minimum absolute atomic E-state index is 0.0538. The Labute approximate surface area is 100 Å². The van der Waals surface area contributed by atoms with Crippen LogP contribution in [-0.2, 0) is 14.3 Å². The number of hydrogen-bond donors (Lipinski definition) is 1. The van der Waals surface area contributed by atoms with Gasteiger partial charge in [-0.1, -0.05) is 5.11 Å². The van der Waals surface area contributed by atoms with Crippen LogP contribution < -0.4 is 5.32 Å². The quantitative estimate of drug-likeness (QED) is 0.351. The summed E-state index contributed by atoms with van der Waals surface area (Å²) in [6, 6.07) is 0.0726. The molecule has 1 atom stereocenters. The Balaban J connectivity index is 0.000000325. The number of amides is 1. The normalized spacial score (nSPS) is 18.3. The molecule has 1 amide bonds. The lowest BCUT2D eigenvalue weighted by Gasteiger charge is -2.14. The van der Waals surface area contributed by atoms with Crippen molar-refractivity contribution < 1.29 is 14.3 Å². The van der Waals surface area contributed by atoms with E-state index in [4.69, 9.17) is 5.53 Å². The lowest BCUT2D eigenvalue weighted by molar-refractivity contribution is -0.138. The summed E-state index contributed by atoms with van der Waals surface area (Å²) >= 11 is 0. The van der Waals surface area contributed by atoms with Gasteiger partial charge < -0.3 is 10.1 Å². The molecule has 1 aliphatic rings. The van der Waals surface area contributed by atoms with Gasteiger partial charge in [0.25, 0.3) is 6.47 Å². The molecule has 1 rings (SSSR count). The average Bonchev–Trinajstić information content (AvgIpc) is 2.60. The number of nitrogens with one attached hydrogen (secondary N) is 1. The van der Waals surface area contributed by atoms with Crippen LogP contribution in [0.4, 0.5) is 0 Å². The third-order valence-electron chi connectivity index (χ3n) is 1.85. The van der Waals surface area contributed by atoms with Gasteiger partial charge in [0.05, 0.1) is 0 Å². The summed E-state index contributed by atoms with van der Waals surface area (Å²) in [6.45, 7) is 6.30. The molecule has 0 aliphatic carbocycles. The molecule has 1 fully saturated rings. The number of azide groups is 1. The molecule has 1 saturated heterocycles. The van der Waals surface area contributed by atoms with E-state index in [1.165, 1.54) is 0 Å². The number of carbonyl (C=O) groups excluding carboxylic acids is 2. The maximum atomic E-state index is 10.6. The van der Waals surface area contributed by atoms with Crippen LogP contribution in [0.2, 0.25) is 0 Å². The second-order valence-electron chi connectivity index (χ2n) is 4.54. The van der Waals surface area contributed by atoms with Gasteiger partial charge in [-0.25, -0.2) is 0 Å². The van der Waals surface area contributed by atoms with Gasteiger partial charge in [0.15, 0.2) is 0 Å². The van der Waals surface area contributed by atoms with E-state index in [-0.39, 0.29) is 17.6 Å². The Bertz CT molecular complexity index is 305. The first-order chi connectivity index (χ1) is 7.89. The second kappa shape index (κ2) is 7.51. The molecule has 1 aliphatic heterocycles. The number of carbonyl (C=O) groups is 2. The van der Waals surface area contributed by atoms with Crippen molar-refractivity contribution in [1.82, 2.24) is 5.32 Å². The van der Waals surface area contributed by atoms with E-state index in [0.29, 0.717) is 19.4 Å². The zero-order valence-electron chi connectivity index (χ0n) is 10.3. The molecule has 0 aromatic heterocycles. The largest absolute Gasteiger partial charge is 0.462 e. The smallest absolute Gasteiger partial charge is 0.293 e. The molecule has 0 aromatic rings. The van der Waals surface area contributed by atoms with Crippen LogP contribution in [0.3, 0.4) is 0 Å². The summed E-state index contributed by atoms with van der Waals surface area (Å²) in [7, 11) is 0. The zero-order valence-corrected chi connectivity index (χ0v) is 10.3. The van der Waals surface area contributed by atoms with Gasteiger partial charge in [0.2, 0.25) is 5.91 Å². The highest BCUT2D eigenvalue weighted by molar-refractivity contribution is 5.78. The first kappa shape index (κ1) is 15.2. The maximum Gasteiger partial charge on any atom is 0.293 e. The molecule has 0 spiro atoms. The van der Waals surface area contributed by atoms with Gasteiger partial charge in [-0.15, -0.1) is 0 Å². The zero-order chi connectivity index (χ0) is 13.3. The lowest BCUT2D eigenvalue weighted by atomic mass is 10.2. The third kappa shape index (κ3) is 9.19. The van der Waals surface area contributed by atoms with E-state index in [1.807, 2.05) is 20.8 Å². The van der Waals surface area contributed by atoms with Crippen LogP contribution in [0, 0.1) is 0 Å². The van der Waals surface area contributed by atoms with Gasteiger partial charge >= 0.3 is 0 Å². The van der Waals surface area contributed by atoms with Gasteiger partial charge in [0.1, 0.15) is 5.60 Å². The SMILES string of the molecule is CC(C)(C)OC=O.[N-]=[N+]=NC[C@@H]1CCC(=O)N1. The summed E-state index contributed by atoms with van der Waals surface area (Å²) in [6.07, 6.45) is 1.35. The molecule has 0 radical (unpaired) electrons. The summed E-state index contributed by atoms with van der Waals surface area (Å²) in [5.41, 5.74) is 7.62. The van der Waals surface area contributed by atoms with Crippen molar-refractivity contribution in [3.63, 3.8) is 0 Å². The van der Waals surface area contributed by atoms with Gasteiger partial charge in [-0.3, -0.25) is 9.59 Å². The highest BCUT2D eigenvalue weighted by atomic mass is 16.5. The van der Waals surface area contributed by atoms with Crippen molar-refractivity contribution in [1.29, 1.82) is 0 Å². The molecule has 0 bridgehead atoms. The monoisotopic (exact) mass is 242 g/mol. The van der Waals surface area contributed by atoms with Crippen LogP contribution >= 0.6 is 0 Å². The molecule has 7 nitrogen and oxygen atoms in total. The Kier molecular flexibility index (Phi) is 6.74. The Morgan fingerprint density at radius 3 is 2.59 bits per heavy atom. The van der Waals surface area contributed by atoms with E-state index in [1.54, 1.807) is 0 Å². The summed E-state index contributed by atoms with van der Waals surface area (Å²) in [5.74, 6) is 0.0538. The molecule has 0 aromatic carbocycles. The number of nitrogens with zero attached hydrogens (tertiary/aromatic N) is 3. The van der Waals surface area contributed by atoms with Crippen molar-refractivity contribution in [3.8, 4) is 0 Å². The fraction of sp³-hybridized carbons (Fsp3) is 0.800. The van der Waals surface area contributed by atoms with E-state index in [9.17, 15) is 9.59 Å². The van der Waals surface area contributed by atoms with Crippen LogP contribution in [0.15, 0.2) is 5.11 Å². The number of hydrogen-bond acceptors (Lipinski definition) is 4. The van der Waals surface area contributed by atoms with Gasteiger partial charge in [-0.2, -0.15) is 0 Å². The molecular weight excluding hydrogens is 224 g/mol. The molecule has 0 unspecified atom stereocenters. The molecule has 0 saturated carbocycles. The molecule has 17 heavy (non-hydrogen) atoms. The van der Waals surface area contributed by atoms with Crippen LogP contribution in [0.1, 0.15) is 33.6 Å². The minimum atomic E-state index is -0.318. The van der Waals surface area contributed by atoms with Crippen molar-refractivity contribution in [2.45, 2.75) is 45.3 Å². The Morgan fingerprint density at radius 1 is 1.65 bits per heavy atom. The maximum absolute atomic E-state index is 10.6. The lowest BCUT2D eigenvalue weighted by Crippen LogP contribution is -2.27. The highest BCUT2D eigenvalue weighted by Gasteiger charge is 2.19. The first-order valence-corrected chi connectivity index (χ1v) is 5.30. The van der Waals surface area contributed by atoms with Crippen molar-refractivity contribution in [2.75, 3.05) is 6.54 Å². The van der Waals surface area contributed by atoms with Crippen molar-refractivity contribution >= 4 is 12.4 Å². The standard InChI is InChI=1S/C5H8N4O.C5H10O2/c6-9-7-3-4-1-2-5(10)8-4;1-5(2,3)7-4-6/h4H,1-3H2,(H,8,10);4H,1-3H3/t4-;/m0./s1. The predicted molar refractivity (Wildman–Crippen MR) is 62.1 cm³/mol. The number of rotatable bonds is 3. The molecule has 96 valence electrons. The predicted octanol–water partition coefficient (Wildman–Crippen LogP) is 1.53. The molecule has 1 heterocycles. The van der Waals surface area contributed by atoms with Gasteiger partial charge in [0, 0.05) is 23.9 Å². The van der Waals surface area contributed by atoms with Crippen LogP contribution in [0.25, 0.3) is 10.4 Å². The summed E-state index contributed by atoms with van der Waals surface area (Å²) < 4.78 is 4.55. The Morgan fingerprint density at radius 2 is 2.29 bits per heavy atom. The van der Waals surface area contributed by atoms with Gasteiger partial charge in [-0.05, 0) is 32.7 Å². The van der Waals surface area contributed by atoms with E-state index in [0.717, 1.165) is 6.42 Å².